The minimum atomic E-state index is -0.510. The van der Waals surface area contributed by atoms with Crippen molar-refractivity contribution in [2.45, 2.75) is 39.2 Å². The Balaban J connectivity index is 1.77. The number of likely N-dealkylation sites (tertiary alicyclic amines) is 1. The molecule has 1 aliphatic rings. The van der Waals surface area contributed by atoms with E-state index in [1.165, 1.54) is 11.3 Å². The molecule has 2 rings (SSSR count). The predicted molar refractivity (Wildman–Crippen MR) is 87.5 cm³/mol. The van der Waals surface area contributed by atoms with Gasteiger partial charge in [-0.1, -0.05) is 11.3 Å². The van der Waals surface area contributed by atoms with Crippen molar-refractivity contribution in [1.82, 2.24) is 20.4 Å². The highest BCUT2D eigenvalue weighted by Crippen LogP contribution is 2.18. The monoisotopic (exact) mass is 341 g/mol. The fourth-order valence-corrected chi connectivity index (χ4v) is 2.79. The number of anilines is 1. The lowest BCUT2D eigenvalue weighted by molar-refractivity contribution is 0.0512. The molecule has 1 aromatic heterocycles. The number of hydrogen-bond acceptors (Lipinski definition) is 6. The third-order valence-electron chi connectivity index (χ3n) is 3.31. The number of hydrogen-bond donors (Lipinski definition) is 2. The van der Waals surface area contributed by atoms with Crippen LogP contribution in [0.4, 0.5) is 14.7 Å². The maximum Gasteiger partial charge on any atom is 0.407 e. The van der Waals surface area contributed by atoms with Gasteiger partial charge in [0.1, 0.15) is 11.1 Å². The molecule has 1 fully saturated rings. The summed E-state index contributed by atoms with van der Waals surface area (Å²) in [5, 5.41) is 13.5. The highest BCUT2D eigenvalue weighted by atomic mass is 32.1. The molecule has 0 aromatic carbocycles. The van der Waals surface area contributed by atoms with Gasteiger partial charge in [-0.25, -0.2) is 9.59 Å². The number of aromatic nitrogens is 2. The first kappa shape index (κ1) is 17.5. The highest BCUT2D eigenvalue weighted by Gasteiger charge is 2.25. The maximum atomic E-state index is 12.2. The van der Waals surface area contributed by atoms with E-state index in [1.807, 2.05) is 20.8 Å². The van der Waals surface area contributed by atoms with Crippen molar-refractivity contribution >= 4 is 28.6 Å². The predicted octanol–water partition coefficient (Wildman–Crippen LogP) is 2.31. The van der Waals surface area contributed by atoms with Crippen LogP contribution in [0.1, 0.15) is 33.6 Å². The van der Waals surface area contributed by atoms with Crippen molar-refractivity contribution in [2.75, 3.05) is 25.0 Å². The Morgan fingerprint density at radius 3 is 2.91 bits per heavy atom. The minimum Gasteiger partial charge on any atom is -0.444 e. The summed E-state index contributed by atoms with van der Waals surface area (Å²) in [4.78, 5) is 25.6. The van der Waals surface area contributed by atoms with E-state index in [4.69, 9.17) is 4.74 Å². The van der Waals surface area contributed by atoms with E-state index < -0.39 is 11.7 Å². The molecule has 0 spiro atoms. The summed E-state index contributed by atoms with van der Waals surface area (Å²) in [7, 11) is 0. The van der Waals surface area contributed by atoms with Gasteiger partial charge in [-0.3, -0.25) is 5.32 Å². The number of rotatable bonds is 3. The number of ether oxygens (including phenoxy) is 1. The van der Waals surface area contributed by atoms with Crippen molar-refractivity contribution in [3.63, 3.8) is 0 Å². The summed E-state index contributed by atoms with van der Waals surface area (Å²) < 4.78 is 5.22. The Bertz CT molecular complexity index is 529. The standard InChI is InChI=1S/C14H23N5O3S/c1-14(2,3)22-13(21)15-7-10-5-4-6-19(8-10)12(20)17-11-18-16-9-23-11/h9-10H,4-8H2,1-3H3,(H,15,21)(H,17,18,20)/t10-/m1/s1. The molecule has 2 N–H and O–H groups in total. The van der Waals surface area contributed by atoms with Gasteiger partial charge in [0.25, 0.3) is 0 Å². The third kappa shape index (κ3) is 6.01. The van der Waals surface area contributed by atoms with Gasteiger partial charge in [-0.2, -0.15) is 0 Å². The van der Waals surface area contributed by atoms with Gasteiger partial charge >= 0.3 is 12.1 Å². The van der Waals surface area contributed by atoms with Crippen LogP contribution in [0.3, 0.4) is 0 Å². The van der Waals surface area contributed by atoms with Crippen LogP contribution in [0.2, 0.25) is 0 Å². The highest BCUT2D eigenvalue weighted by molar-refractivity contribution is 7.13. The largest absolute Gasteiger partial charge is 0.444 e. The lowest BCUT2D eigenvalue weighted by Crippen LogP contribution is -2.45. The quantitative estimate of drug-likeness (QED) is 0.879. The van der Waals surface area contributed by atoms with Crippen molar-refractivity contribution in [1.29, 1.82) is 0 Å². The molecule has 8 nitrogen and oxygen atoms in total. The summed E-state index contributed by atoms with van der Waals surface area (Å²) in [6.45, 7) is 7.28. The lowest BCUT2D eigenvalue weighted by Gasteiger charge is -2.32. The van der Waals surface area contributed by atoms with Gasteiger partial charge in [0.05, 0.1) is 0 Å². The Morgan fingerprint density at radius 2 is 2.26 bits per heavy atom. The van der Waals surface area contributed by atoms with Crippen molar-refractivity contribution < 1.29 is 14.3 Å². The molecule has 3 amide bonds. The third-order valence-corrected chi connectivity index (χ3v) is 3.92. The van der Waals surface area contributed by atoms with E-state index >= 15 is 0 Å². The van der Waals surface area contributed by atoms with Crippen LogP contribution in [0.15, 0.2) is 5.51 Å². The van der Waals surface area contributed by atoms with Crippen LogP contribution in [0.5, 0.6) is 0 Å². The average Bonchev–Trinajstić information content (AvgIpc) is 2.96. The number of nitrogens with one attached hydrogen (secondary N) is 2. The van der Waals surface area contributed by atoms with Gasteiger partial charge in [-0.15, -0.1) is 10.2 Å². The second-order valence-corrected chi connectivity index (χ2v) is 7.34. The molecule has 23 heavy (non-hydrogen) atoms. The normalized spacial score (nSPS) is 18.4. The van der Waals surface area contributed by atoms with Crippen LogP contribution >= 0.6 is 11.3 Å². The minimum absolute atomic E-state index is 0.177. The molecule has 2 heterocycles. The molecule has 1 saturated heterocycles. The molecular formula is C14H23N5O3S. The average molecular weight is 341 g/mol. The SMILES string of the molecule is CC(C)(C)OC(=O)NC[C@H]1CCCN(C(=O)Nc2nncs2)C1. The summed E-state index contributed by atoms with van der Waals surface area (Å²) in [6.07, 6.45) is 1.45. The number of alkyl carbamates (subject to hydrolysis) is 1. The molecule has 1 atom stereocenters. The molecule has 128 valence electrons. The van der Waals surface area contributed by atoms with Crippen LogP contribution in [-0.2, 0) is 4.74 Å². The summed E-state index contributed by atoms with van der Waals surface area (Å²) in [5.74, 6) is 0.219. The van der Waals surface area contributed by atoms with Crippen LogP contribution in [0.25, 0.3) is 0 Å². The van der Waals surface area contributed by atoms with Crippen molar-refractivity contribution in [3.8, 4) is 0 Å². The number of urea groups is 1. The Labute approximate surface area is 139 Å². The molecule has 9 heteroatoms. The van der Waals surface area contributed by atoms with E-state index in [0.29, 0.717) is 24.8 Å². The van der Waals surface area contributed by atoms with Crippen LogP contribution in [0, 0.1) is 5.92 Å². The topological polar surface area (TPSA) is 96.5 Å². The molecule has 0 aliphatic carbocycles. The summed E-state index contributed by atoms with van der Waals surface area (Å²) in [5.41, 5.74) is 1.06. The number of carbonyl (C=O) groups is 2. The van der Waals surface area contributed by atoms with E-state index in [0.717, 1.165) is 12.8 Å². The molecule has 0 radical (unpaired) electrons. The summed E-state index contributed by atoms with van der Waals surface area (Å²) >= 11 is 1.28. The van der Waals surface area contributed by atoms with Crippen molar-refractivity contribution in [2.24, 2.45) is 5.92 Å². The molecule has 1 aliphatic heterocycles. The van der Waals surface area contributed by atoms with Gasteiger partial charge in [0.15, 0.2) is 0 Å². The van der Waals surface area contributed by atoms with Crippen molar-refractivity contribution in [3.05, 3.63) is 5.51 Å². The Hall–Kier alpha value is -1.90. The molecule has 0 bridgehead atoms. The van der Waals surface area contributed by atoms with Gasteiger partial charge < -0.3 is 15.0 Å². The first-order valence-electron chi connectivity index (χ1n) is 7.62. The Morgan fingerprint density at radius 1 is 1.48 bits per heavy atom. The zero-order valence-corrected chi connectivity index (χ0v) is 14.5. The van der Waals surface area contributed by atoms with Crippen LogP contribution < -0.4 is 10.6 Å². The zero-order valence-electron chi connectivity index (χ0n) is 13.7. The number of nitrogens with zero attached hydrogens (tertiary/aromatic N) is 3. The van der Waals surface area contributed by atoms with Gasteiger partial charge in [0.2, 0.25) is 5.13 Å². The van der Waals surface area contributed by atoms with E-state index in [2.05, 4.69) is 20.8 Å². The van der Waals surface area contributed by atoms with Gasteiger partial charge in [0, 0.05) is 19.6 Å². The first-order chi connectivity index (χ1) is 10.8. The fourth-order valence-electron chi connectivity index (χ4n) is 2.36. The summed E-state index contributed by atoms with van der Waals surface area (Å²) in [6, 6.07) is -0.177. The molecular weight excluding hydrogens is 318 g/mol. The molecule has 0 saturated carbocycles. The molecule has 1 aromatic rings. The number of carbonyl (C=O) groups excluding carboxylic acids is 2. The van der Waals surface area contributed by atoms with Gasteiger partial charge in [-0.05, 0) is 39.5 Å². The van der Waals surface area contributed by atoms with Crippen LogP contribution in [-0.4, -0.2) is 52.5 Å². The maximum absolute atomic E-state index is 12.2. The second-order valence-electron chi connectivity index (χ2n) is 6.51. The fraction of sp³-hybridized carbons (Fsp3) is 0.714. The molecule has 0 unspecified atom stereocenters. The smallest absolute Gasteiger partial charge is 0.407 e. The Kier molecular flexibility index (Phi) is 5.75. The van der Waals surface area contributed by atoms with E-state index in [-0.39, 0.29) is 11.9 Å². The number of piperidine rings is 1. The first-order valence-corrected chi connectivity index (χ1v) is 8.50. The van der Waals surface area contributed by atoms with E-state index in [9.17, 15) is 9.59 Å². The lowest BCUT2D eigenvalue weighted by atomic mass is 9.98. The van der Waals surface area contributed by atoms with E-state index in [1.54, 1.807) is 10.4 Å². The number of amides is 3. The second kappa shape index (κ2) is 7.58. The zero-order chi connectivity index (χ0) is 16.9.